The zero-order valence-corrected chi connectivity index (χ0v) is 9.32. The van der Waals surface area contributed by atoms with Crippen molar-refractivity contribution in [2.45, 2.75) is 31.7 Å². The minimum atomic E-state index is -0.200. The molecule has 4 nitrogen and oxygen atoms in total. The van der Waals surface area contributed by atoms with Gasteiger partial charge in [0.1, 0.15) is 0 Å². The molecule has 0 spiro atoms. The third-order valence-electron chi connectivity index (χ3n) is 3.53. The third kappa shape index (κ3) is 2.92. The van der Waals surface area contributed by atoms with E-state index in [2.05, 4.69) is 9.80 Å². The predicted octanol–water partition coefficient (Wildman–Crippen LogP) is 0.0319. The lowest BCUT2D eigenvalue weighted by molar-refractivity contribution is -0.118. The van der Waals surface area contributed by atoms with Crippen LogP contribution in [0.4, 0.5) is 0 Å². The maximum Gasteiger partial charge on any atom is 0.231 e. The molecular weight excluding hydrogens is 190 g/mol. The molecule has 4 heteroatoms. The molecule has 2 aliphatic heterocycles. The summed E-state index contributed by atoms with van der Waals surface area (Å²) in [5.74, 6) is -0.200. The summed E-state index contributed by atoms with van der Waals surface area (Å²) in [6, 6.07) is 0.671. The molecule has 1 amide bonds. The first-order valence-corrected chi connectivity index (χ1v) is 6.00. The van der Waals surface area contributed by atoms with Crippen molar-refractivity contribution in [2.75, 3.05) is 32.7 Å². The Morgan fingerprint density at radius 1 is 1.20 bits per heavy atom. The van der Waals surface area contributed by atoms with Crippen molar-refractivity contribution in [3.63, 3.8) is 0 Å². The van der Waals surface area contributed by atoms with Crippen LogP contribution in [-0.4, -0.2) is 54.5 Å². The fourth-order valence-electron chi connectivity index (χ4n) is 2.76. The SMILES string of the molecule is NC(=O)CN1CCC(N2CCCCC2)C1. The second kappa shape index (κ2) is 4.94. The molecule has 2 heterocycles. The minimum Gasteiger partial charge on any atom is -0.369 e. The molecule has 2 fully saturated rings. The Labute approximate surface area is 91.4 Å². The van der Waals surface area contributed by atoms with Crippen molar-refractivity contribution in [1.29, 1.82) is 0 Å². The number of rotatable bonds is 3. The number of amides is 1. The number of primary amides is 1. The molecule has 2 rings (SSSR count). The Bertz CT molecular complexity index is 226. The molecule has 0 aromatic rings. The molecule has 15 heavy (non-hydrogen) atoms. The average molecular weight is 211 g/mol. The van der Waals surface area contributed by atoms with Crippen LogP contribution in [-0.2, 0) is 4.79 Å². The molecule has 0 aliphatic carbocycles. The Balaban J connectivity index is 1.78. The van der Waals surface area contributed by atoms with E-state index in [9.17, 15) is 4.79 Å². The van der Waals surface area contributed by atoms with Gasteiger partial charge in [0.05, 0.1) is 6.54 Å². The van der Waals surface area contributed by atoms with Gasteiger partial charge in [-0.2, -0.15) is 0 Å². The van der Waals surface area contributed by atoms with Crippen molar-refractivity contribution in [1.82, 2.24) is 9.80 Å². The molecule has 2 N–H and O–H groups in total. The van der Waals surface area contributed by atoms with Gasteiger partial charge in [-0.15, -0.1) is 0 Å². The first-order chi connectivity index (χ1) is 7.25. The molecule has 1 unspecified atom stereocenters. The van der Waals surface area contributed by atoms with Crippen molar-refractivity contribution in [2.24, 2.45) is 5.73 Å². The Hall–Kier alpha value is -0.610. The van der Waals surface area contributed by atoms with Crippen molar-refractivity contribution < 1.29 is 4.79 Å². The van der Waals surface area contributed by atoms with Gasteiger partial charge in [0.25, 0.3) is 0 Å². The molecule has 2 saturated heterocycles. The number of hydrogen-bond donors (Lipinski definition) is 1. The van der Waals surface area contributed by atoms with Crippen LogP contribution in [0.2, 0.25) is 0 Å². The Morgan fingerprint density at radius 3 is 2.60 bits per heavy atom. The van der Waals surface area contributed by atoms with Crippen molar-refractivity contribution >= 4 is 5.91 Å². The molecule has 0 aromatic heterocycles. The van der Waals surface area contributed by atoms with Crippen LogP contribution in [0.1, 0.15) is 25.7 Å². The maximum atomic E-state index is 10.8. The van der Waals surface area contributed by atoms with Crippen molar-refractivity contribution in [3.05, 3.63) is 0 Å². The van der Waals surface area contributed by atoms with Gasteiger partial charge in [0.15, 0.2) is 0 Å². The lowest BCUT2D eigenvalue weighted by Gasteiger charge is -2.32. The summed E-state index contributed by atoms with van der Waals surface area (Å²) in [5, 5.41) is 0. The number of likely N-dealkylation sites (tertiary alicyclic amines) is 2. The van der Waals surface area contributed by atoms with Gasteiger partial charge >= 0.3 is 0 Å². The summed E-state index contributed by atoms with van der Waals surface area (Å²) in [5.41, 5.74) is 5.20. The monoisotopic (exact) mass is 211 g/mol. The van der Waals surface area contributed by atoms with Gasteiger partial charge in [0, 0.05) is 19.1 Å². The van der Waals surface area contributed by atoms with Gasteiger partial charge in [-0.1, -0.05) is 6.42 Å². The molecule has 0 bridgehead atoms. The van der Waals surface area contributed by atoms with Crippen LogP contribution in [0.3, 0.4) is 0 Å². The van der Waals surface area contributed by atoms with Gasteiger partial charge in [-0.25, -0.2) is 0 Å². The van der Waals surface area contributed by atoms with E-state index < -0.39 is 0 Å². The standard InChI is InChI=1S/C11H21N3O/c12-11(15)9-13-7-4-10(8-13)14-5-2-1-3-6-14/h10H,1-9H2,(H2,12,15). The quantitative estimate of drug-likeness (QED) is 0.716. The minimum absolute atomic E-state index is 0.200. The molecule has 0 saturated carbocycles. The summed E-state index contributed by atoms with van der Waals surface area (Å²) in [4.78, 5) is 15.6. The summed E-state index contributed by atoms with van der Waals surface area (Å²) in [6.07, 6.45) is 5.26. The van der Waals surface area contributed by atoms with Crippen LogP contribution in [0.25, 0.3) is 0 Å². The largest absolute Gasteiger partial charge is 0.369 e. The second-order valence-electron chi connectivity index (χ2n) is 4.74. The number of piperidine rings is 1. The fourth-order valence-corrected chi connectivity index (χ4v) is 2.76. The highest BCUT2D eigenvalue weighted by molar-refractivity contribution is 5.75. The zero-order valence-electron chi connectivity index (χ0n) is 9.32. The first kappa shape index (κ1) is 10.9. The average Bonchev–Trinajstić information content (AvgIpc) is 2.67. The maximum absolute atomic E-state index is 10.8. The van der Waals surface area contributed by atoms with Gasteiger partial charge < -0.3 is 5.73 Å². The van der Waals surface area contributed by atoms with Crippen molar-refractivity contribution in [3.8, 4) is 0 Å². The van der Waals surface area contributed by atoms with E-state index in [1.165, 1.54) is 38.8 Å². The van der Waals surface area contributed by atoms with E-state index >= 15 is 0 Å². The van der Waals surface area contributed by atoms with Crippen LogP contribution in [0.15, 0.2) is 0 Å². The van der Waals surface area contributed by atoms with E-state index in [0.29, 0.717) is 12.6 Å². The van der Waals surface area contributed by atoms with E-state index in [-0.39, 0.29) is 5.91 Å². The molecule has 2 aliphatic rings. The van der Waals surface area contributed by atoms with E-state index in [4.69, 9.17) is 5.73 Å². The second-order valence-corrected chi connectivity index (χ2v) is 4.74. The normalized spacial score (nSPS) is 29.5. The summed E-state index contributed by atoms with van der Waals surface area (Å²) < 4.78 is 0. The van der Waals surface area contributed by atoms with Gasteiger partial charge in [-0.05, 0) is 32.4 Å². The zero-order chi connectivity index (χ0) is 10.7. The molecule has 0 aromatic carbocycles. The molecule has 1 atom stereocenters. The van der Waals surface area contributed by atoms with Crippen LogP contribution in [0.5, 0.6) is 0 Å². The highest BCUT2D eigenvalue weighted by Crippen LogP contribution is 2.19. The Morgan fingerprint density at radius 2 is 1.93 bits per heavy atom. The highest BCUT2D eigenvalue weighted by atomic mass is 16.1. The molecule has 86 valence electrons. The van der Waals surface area contributed by atoms with E-state index in [1.54, 1.807) is 0 Å². The number of nitrogens with two attached hydrogens (primary N) is 1. The Kier molecular flexibility index (Phi) is 3.59. The predicted molar refractivity (Wildman–Crippen MR) is 59.5 cm³/mol. The fraction of sp³-hybridized carbons (Fsp3) is 0.909. The van der Waals surface area contributed by atoms with Crippen LogP contribution in [0, 0.1) is 0 Å². The van der Waals surface area contributed by atoms with Crippen LogP contribution < -0.4 is 5.73 Å². The number of hydrogen-bond acceptors (Lipinski definition) is 3. The topological polar surface area (TPSA) is 49.6 Å². The van der Waals surface area contributed by atoms with Crippen LogP contribution >= 0.6 is 0 Å². The summed E-state index contributed by atoms with van der Waals surface area (Å²) in [7, 11) is 0. The lowest BCUT2D eigenvalue weighted by atomic mass is 10.1. The van der Waals surface area contributed by atoms with Gasteiger partial charge in [0.2, 0.25) is 5.91 Å². The number of carbonyl (C=O) groups excluding carboxylic acids is 1. The molecular formula is C11H21N3O. The summed E-state index contributed by atoms with van der Waals surface area (Å²) >= 11 is 0. The number of nitrogens with zero attached hydrogens (tertiary/aromatic N) is 2. The smallest absolute Gasteiger partial charge is 0.231 e. The summed E-state index contributed by atoms with van der Waals surface area (Å²) in [6.45, 7) is 4.99. The highest BCUT2D eigenvalue weighted by Gasteiger charge is 2.28. The molecule has 0 radical (unpaired) electrons. The van der Waals surface area contributed by atoms with E-state index in [1.807, 2.05) is 0 Å². The first-order valence-electron chi connectivity index (χ1n) is 6.00. The van der Waals surface area contributed by atoms with Gasteiger partial charge in [-0.3, -0.25) is 14.6 Å². The third-order valence-corrected chi connectivity index (χ3v) is 3.53. The van der Waals surface area contributed by atoms with E-state index in [0.717, 1.165) is 13.1 Å². The lowest BCUT2D eigenvalue weighted by Crippen LogP contribution is -2.41. The number of carbonyl (C=O) groups is 1.